The molecule has 31 heavy (non-hydrogen) atoms. The first-order chi connectivity index (χ1) is 15.1. The van der Waals surface area contributed by atoms with E-state index in [9.17, 15) is 4.79 Å². The molecule has 154 valence electrons. The van der Waals surface area contributed by atoms with E-state index in [0.29, 0.717) is 23.2 Å². The maximum atomic E-state index is 12.5. The lowest BCUT2D eigenvalue weighted by Crippen LogP contribution is -2.25. The summed E-state index contributed by atoms with van der Waals surface area (Å²) in [7, 11) is 0. The van der Waals surface area contributed by atoms with Crippen LogP contribution in [0.2, 0.25) is 0 Å². The zero-order chi connectivity index (χ0) is 21.4. The number of hydrogen-bond donors (Lipinski definition) is 1. The van der Waals surface area contributed by atoms with Gasteiger partial charge in [0.05, 0.1) is 11.9 Å². The SMILES string of the molecule is Cc1ccc(C(=O)NC2CC2)cc1-c1ccc2c(Oc3cccnc3C)nncc2c1. The Labute approximate surface area is 180 Å². The molecule has 6 heteroatoms. The third-order valence-electron chi connectivity index (χ3n) is 5.52. The summed E-state index contributed by atoms with van der Waals surface area (Å²) in [5.41, 5.74) is 4.61. The Morgan fingerprint density at radius 3 is 2.77 bits per heavy atom. The number of rotatable bonds is 5. The molecule has 5 rings (SSSR count). The average Bonchev–Trinajstić information content (AvgIpc) is 3.59. The zero-order valence-corrected chi connectivity index (χ0v) is 17.4. The van der Waals surface area contributed by atoms with Gasteiger partial charge in [-0.1, -0.05) is 12.1 Å². The van der Waals surface area contributed by atoms with Crippen LogP contribution in [0.3, 0.4) is 0 Å². The van der Waals surface area contributed by atoms with Gasteiger partial charge in [0.2, 0.25) is 5.88 Å². The Balaban J connectivity index is 1.50. The molecule has 4 aromatic rings. The molecule has 0 atom stereocenters. The van der Waals surface area contributed by atoms with Crippen LogP contribution in [0.25, 0.3) is 21.9 Å². The highest BCUT2D eigenvalue weighted by Gasteiger charge is 2.24. The topological polar surface area (TPSA) is 77.0 Å². The van der Waals surface area contributed by atoms with Crippen molar-refractivity contribution in [1.82, 2.24) is 20.5 Å². The Bertz CT molecular complexity index is 1300. The Kier molecular flexibility index (Phi) is 4.82. The summed E-state index contributed by atoms with van der Waals surface area (Å²) >= 11 is 0. The summed E-state index contributed by atoms with van der Waals surface area (Å²) in [6, 6.07) is 15.9. The van der Waals surface area contributed by atoms with Gasteiger partial charge in [-0.15, -0.1) is 5.10 Å². The first-order valence-corrected chi connectivity index (χ1v) is 10.4. The van der Waals surface area contributed by atoms with Gasteiger partial charge in [0.15, 0.2) is 5.75 Å². The monoisotopic (exact) mass is 410 g/mol. The Morgan fingerprint density at radius 1 is 1.10 bits per heavy atom. The minimum absolute atomic E-state index is 0.0158. The molecule has 1 amide bonds. The standard InChI is InChI=1S/C25H22N4O2/c1-15-5-6-18(24(30)28-20-8-9-20)13-22(15)17-7-10-21-19(12-17)14-27-29-25(21)31-23-4-3-11-26-16(23)2/h3-7,10-14,20H,8-9H2,1-2H3,(H,28,30). The van der Waals surface area contributed by atoms with Gasteiger partial charge in [0, 0.05) is 28.6 Å². The van der Waals surface area contributed by atoms with Gasteiger partial charge in [0.25, 0.3) is 5.91 Å². The number of carbonyl (C=O) groups is 1. The third kappa shape index (κ3) is 3.97. The van der Waals surface area contributed by atoms with Gasteiger partial charge < -0.3 is 10.1 Å². The van der Waals surface area contributed by atoms with Gasteiger partial charge in [-0.05, 0) is 79.8 Å². The second kappa shape index (κ2) is 7.80. The molecule has 0 spiro atoms. The van der Waals surface area contributed by atoms with Crippen molar-refractivity contribution in [2.45, 2.75) is 32.7 Å². The summed E-state index contributed by atoms with van der Waals surface area (Å²) in [6.45, 7) is 3.94. The quantitative estimate of drug-likeness (QED) is 0.501. The molecule has 2 aromatic heterocycles. The number of aromatic nitrogens is 3. The molecule has 0 radical (unpaired) electrons. The molecule has 2 aromatic carbocycles. The summed E-state index contributed by atoms with van der Waals surface area (Å²) in [6.07, 6.45) is 5.59. The first-order valence-electron chi connectivity index (χ1n) is 10.4. The van der Waals surface area contributed by atoms with Gasteiger partial charge in [-0.2, -0.15) is 5.10 Å². The maximum absolute atomic E-state index is 12.5. The summed E-state index contributed by atoms with van der Waals surface area (Å²) < 4.78 is 6.00. The van der Waals surface area contributed by atoms with E-state index in [-0.39, 0.29) is 5.91 Å². The molecule has 1 saturated carbocycles. The van der Waals surface area contributed by atoms with Crippen molar-refractivity contribution in [3.63, 3.8) is 0 Å². The number of aryl methyl sites for hydroxylation is 2. The number of nitrogens with one attached hydrogen (secondary N) is 1. The number of pyridine rings is 1. The highest BCUT2D eigenvalue weighted by atomic mass is 16.5. The van der Waals surface area contributed by atoms with E-state index >= 15 is 0 Å². The minimum Gasteiger partial charge on any atom is -0.435 e. The molecule has 1 fully saturated rings. The predicted octanol–water partition coefficient (Wildman–Crippen LogP) is 4.99. The second-order valence-corrected chi connectivity index (χ2v) is 7.92. The van der Waals surface area contributed by atoms with E-state index < -0.39 is 0 Å². The molecule has 0 unspecified atom stereocenters. The van der Waals surface area contributed by atoms with Gasteiger partial charge >= 0.3 is 0 Å². The van der Waals surface area contributed by atoms with Crippen LogP contribution in [0.15, 0.2) is 60.9 Å². The minimum atomic E-state index is -0.0158. The van der Waals surface area contributed by atoms with Gasteiger partial charge in [-0.25, -0.2) is 0 Å². The fourth-order valence-electron chi connectivity index (χ4n) is 3.56. The number of hydrogen-bond acceptors (Lipinski definition) is 5. The molecule has 2 heterocycles. The third-order valence-corrected chi connectivity index (χ3v) is 5.52. The number of nitrogens with zero attached hydrogens (tertiary/aromatic N) is 3. The maximum Gasteiger partial charge on any atom is 0.251 e. The molecule has 0 aliphatic heterocycles. The number of ether oxygens (including phenoxy) is 1. The van der Waals surface area contributed by atoms with Gasteiger partial charge in [-0.3, -0.25) is 9.78 Å². The lowest BCUT2D eigenvalue weighted by molar-refractivity contribution is 0.0951. The summed E-state index contributed by atoms with van der Waals surface area (Å²) in [5, 5.41) is 13.1. The fraction of sp³-hybridized carbons (Fsp3) is 0.200. The van der Waals surface area contributed by atoms with Crippen molar-refractivity contribution in [2.75, 3.05) is 0 Å². The van der Waals surface area contributed by atoms with Crippen molar-refractivity contribution in [1.29, 1.82) is 0 Å². The van der Waals surface area contributed by atoms with Crippen molar-refractivity contribution in [3.8, 4) is 22.8 Å². The van der Waals surface area contributed by atoms with Crippen LogP contribution < -0.4 is 10.1 Å². The zero-order valence-electron chi connectivity index (χ0n) is 17.4. The summed E-state index contributed by atoms with van der Waals surface area (Å²) in [5.74, 6) is 1.07. The average molecular weight is 410 g/mol. The van der Waals surface area contributed by atoms with Crippen LogP contribution >= 0.6 is 0 Å². The van der Waals surface area contributed by atoms with E-state index in [1.54, 1.807) is 12.4 Å². The second-order valence-electron chi connectivity index (χ2n) is 7.92. The van der Waals surface area contributed by atoms with Crippen molar-refractivity contribution in [2.24, 2.45) is 0 Å². The van der Waals surface area contributed by atoms with Crippen LogP contribution in [0.4, 0.5) is 0 Å². The highest BCUT2D eigenvalue weighted by molar-refractivity contribution is 5.97. The van der Waals surface area contributed by atoms with Crippen LogP contribution in [0, 0.1) is 13.8 Å². The van der Waals surface area contributed by atoms with E-state index in [1.807, 2.05) is 56.3 Å². The smallest absolute Gasteiger partial charge is 0.251 e. The molecule has 1 aliphatic rings. The van der Waals surface area contributed by atoms with E-state index in [4.69, 9.17) is 4.74 Å². The number of carbonyl (C=O) groups excluding carboxylic acids is 1. The lowest BCUT2D eigenvalue weighted by Gasteiger charge is -2.12. The molecular formula is C25H22N4O2. The molecular weight excluding hydrogens is 388 g/mol. The Morgan fingerprint density at radius 2 is 1.97 bits per heavy atom. The first kappa shape index (κ1) is 19.2. The normalized spacial score (nSPS) is 13.2. The van der Waals surface area contributed by atoms with Crippen LogP contribution in [-0.2, 0) is 0 Å². The summed E-state index contributed by atoms with van der Waals surface area (Å²) in [4.78, 5) is 16.8. The van der Waals surface area contributed by atoms with Crippen molar-refractivity contribution < 1.29 is 9.53 Å². The van der Waals surface area contributed by atoms with E-state index in [1.165, 1.54) is 0 Å². The molecule has 1 N–H and O–H groups in total. The number of amides is 1. The van der Waals surface area contributed by atoms with Crippen LogP contribution in [0.5, 0.6) is 11.6 Å². The molecule has 0 bridgehead atoms. The number of fused-ring (bicyclic) bond motifs is 1. The highest BCUT2D eigenvalue weighted by Crippen LogP contribution is 2.32. The molecule has 6 nitrogen and oxygen atoms in total. The van der Waals surface area contributed by atoms with Crippen molar-refractivity contribution >= 4 is 16.7 Å². The van der Waals surface area contributed by atoms with E-state index in [2.05, 4.69) is 26.6 Å². The number of benzene rings is 2. The predicted molar refractivity (Wildman–Crippen MR) is 119 cm³/mol. The van der Waals surface area contributed by atoms with Crippen LogP contribution in [0.1, 0.15) is 34.5 Å². The lowest BCUT2D eigenvalue weighted by atomic mass is 9.96. The van der Waals surface area contributed by atoms with Crippen LogP contribution in [-0.4, -0.2) is 27.1 Å². The largest absolute Gasteiger partial charge is 0.435 e. The Hall–Kier alpha value is -3.80. The van der Waals surface area contributed by atoms with E-state index in [0.717, 1.165) is 46.0 Å². The van der Waals surface area contributed by atoms with Gasteiger partial charge in [0.1, 0.15) is 0 Å². The molecule has 0 saturated heterocycles. The fourth-order valence-corrected chi connectivity index (χ4v) is 3.56. The van der Waals surface area contributed by atoms with Crippen molar-refractivity contribution in [3.05, 3.63) is 77.7 Å². The molecule has 1 aliphatic carbocycles.